The Balaban J connectivity index is 2.52. The van der Waals surface area contributed by atoms with Gasteiger partial charge in [-0.05, 0) is 23.3 Å². The van der Waals surface area contributed by atoms with Crippen molar-refractivity contribution >= 4 is 41.9 Å². The van der Waals surface area contributed by atoms with Crippen LogP contribution in [0, 0.1) is 0 Å². The van der Waals surface area contributed by atoms with E-state index in [1.807, 2.05) is 0 Å². The molecule has 2 rings (SSSR count). The maximum Gasteiger partial charge on any atom is 0.267 e. The van der Waals surface area contributed by atoms with Crippen molar-refractivity contribution in [3.8, 4) is 0 Å². The second-order valence-electron chi connectivity index (χ2n) is 3.72. The SMILES string of the molecule is O=S(=O)(c1ccccc1)n1cc(CBr)c(CBr)c1. The van der Waals surface area contributed by atoms with Crippen LogP contribution in [0.15, 0.2) is 47.6 Å². The van der Waals surface area contributed by atoms with E-state index >= 15 is 0 Å². The molecule has 0 N–H and O–H groups in total. The van der Waals surface area contributed by atoms with Crippen molar-refractivity contribution in [2.24, 2.45) is 0 Å². The Labute approximate surface area is 123 Å². The van der Waals surface area contributed by atoms with E-state index in [4.69, 9.17) is 0 Å². The summed E-state index contributed by atoms with van der Waals surface area (Å²) >= 11 is 6.71. The van der Waals surface area contributed by atoms with E-state index < -0.39 is 10.0 Å². The quantitative estimate of drug-likeness (QED) is 0.746. The standard InChI is InChI=1S/C12H11Br2NO2S/c13-6-10-8-15(9-11(10)7-14)18(16,17)12-4-2-1-3-5-12/h1-5,8-9H,6-7H2. The van der Waals surface area contributed by atoms with Crippen molar-refractivity contribution in [1.82, 2.24) is 3.97 Å². The highest BCUT2D eigenvalue weighted by Crippen LogP contribution is 2.21. The van der Waals surface area contributed by atoms with Crippen LogP contribution >= 0.6 is 31.9 Å². The maximum atomic E-state index is 12.4. The molecule has 0 bridgehead atoms. The lowest BCUT2D eigenvalue weighted by Crippen LogP contribution is -2.10. The highest BCUT2D eigenvalue weighted by atomic mass is 79.9. The van der Waals surface area contributed by atoms with Crippen molar-refractivity contribution in [1.29, 1.82) is 0 Å². The summed E-state index contributed by atoms with van der Waals surface area (Å²) in [6.07, 6.45) is 3.29. The van der Waals surface area contributed by atoms with Gasteiger partial charge in [-0.15, -0.1) is 0 Å². The predicted octanol–water partition coefficient (Wildman–Crippen LogP) is 3.51. The predicted molar refractivity (Wildman–Crippen MR) is 78.7 cm³/mol. The number of rotatable bonds is 4. The van der Waals surface area contributed by atoms with Crippen LogP contribution < -0.4 is 0 Å². The van der Waals surface area contributed by atoms with E-state index in [1.54, 1.807) is 42.7 Å². The molecule has 0 atom stereocenters. The first-order chi connectivity index (χ1) is 8.59. The van der Waals surface area contributed by atoms with Crippen LogP contribution in [0.1, 0.15) is 11.1 Å². The zero-order chi connectivity index (χ0) is 13.2. The van der Waals surface area contributed by atoms with Crippen molar-refractivity contribution < 1.29 is 8.42 Å². The van der Waals surface area contributed by atoms with Gasteiger partial charge in [-0.1, -0.05) is 50.1 Å². The van der Waals surface area contributed by atoms with Gasteiger partial charge in [0, 0.05) is 23.1 Å². The fourth-order valence-electron chi connectivity index (χ4n) is 1.60. The number of halogens is 2. The third-order valence-electron chi connectivity index (χ3n) is 2.59. The molecule has 0 aliphatic heterocycles. The molecule has 6 heteroatoms. The first-order valence-corrected chi connectivity index (χ1v) is 8.90. The Morgan fingerprint density at radius 3 is 1.89 bits per heavy atom. The van der Waals surface area contributed by atoms with E-state index in [2.05, 4.69) is 31.9 Å². The lowest BCUT2D eigenvalue weighted by molar-refractivity contribution is 0.587. The van der Waals surface area contributed by atoms with E-state index in [-0.39, 0.29) is 0 Å². The Morgan fingerprint density at radius 1 is 0.944 bits per heavy atom. The van der Waals surface area contributed by atoms with Crippen molar-refractivity contribution in [3.05, 3.63) is 53.9 Å². The van der Waals surface area contributed by atoms with Gasteiger partial charge in [-0.25, -0.2) is 12.4 Å². The van der Waals surface area contributed by atoms with Crippen LogP contribution in [0.4, 0.5) is 0 Å². The second kappa shape index (κ2) is 5.59. The van der Waals surface area contributed by atoms with Gasteiger partial charge in [0.2, 0.25) is 0 Å². The number of hydrogen-bond acceptors (Lipinski definition) is 2. The molecule has 1 aromatic carbocycles. The molecule has 0 aliphatic rings. The summed E-state index contributed by atoms with van der Waals surface area (Å²) in [5, 5.41) is 1.26. The average molecular weight is 393 g/mol. The van der Waals surface area contributed by atoms with Crippen LogP contribution in [-0.4, -0.2) is 12.4 Å². The van der Waals surface area contributed by atoms with Gasteiger partial charge in [0.25, 0.3) is 10.0 Å². The summed E-state index contributed by atoms with van der Waals surface area (Å²) in [6.45, 7) is 0. The lowest BCUT2D eigenvalue weighted by Gasteiger charge is -2.04. The van der Waals surface area contributed by atoms with Gasteiger partial charge in [0.1, 0.15) is 0 Å². The van der Waals surface area contributed by atoms with Crippen molar-refractivity contribution in [3.63, 3.8) is 0 Å². The molecule has 1 aromatic heterocycles. The lowest BCUT2D eigenvalue weighted by atomic mass is 10.2. The van der Waals surface area contributed by atoms with Gasteiger partial charge in [0.05, 0.1) is 4.90 Å². The van der Waals surface area contributed by atoms with E-state index in [1.165, 1.54) is 3.97 Å². The minimum atomic E-state index is -3.49. The van der Waals surface area contributed by atoms with Gasteiger partial charge < -0.3 is 0 Å². The Hall–Kier alpha value is -0.590. The van der Waals surface area contributed by atoms with Gasteiger partial charge in [-0.3, -0.25) is 0 Å². The zero-order valence-corrected chi connectivity index (χ0v) is 13.4. The average Bonchev–Trinajstić information content (AvgIpc) is 2.83. The Morgan fingerprint density at radius 2 is 1.44 bits per heavy atom. The molecule has 0 amide bonds. The van der Waals surface area contributed by atoms with Crippen LogP contribution in [0.5, 0.6) is 0 Å². The van der Waals surface area contributed by atoms with Gasteiger partial charge in [-0.2, -0.15) is 0 Å². The van der Waals surface area contributed by atoms with E-state index in [9.17, 15) is 8.42 Å². The Kier molecular flexibility index (Phi) is 4.29. The molecular formula is C12H11Br2NO2S. The third-order valence-corrected chi connectivity index (χ3v) is 5.43. The Bertz CT molecular complexity index is 614. The molecule has 18 heavy (non-hydrogen) atoms. The summed E-state index contributed by atoms with van der Waals surface area (Å²) in [4.78, 5) is 0.294. The highest BCUT2D eigenvalue weighted by Gasteiger charge is 2.18. The normalized spacial score (nSPS) is 11.7. The molecule has 1 heterocycles. The topological polar surface area (TPSA) is 39.1 Å². The minimum absolute atomic E-state index is 0.294. The molecule has 0 radical (unpaired) electrons. The summed E-state index contributed by atoms with van der Waals surface area (Å²) in [5.41, 5.74) is 1.93. The molecule has 0 saturated heterocycles. The minimum Gasteiger partial charge on any atom is -0.248 e. The third kappa shape index (κ3) is 2.55. The molecular weight excluding hydrogens is 382 g/mol. The van der Waals surface area contributed by atoms with Crippen molar-refractivity contribution in [2.45, 2.75) is 15.6 Å². The molecule has 2 aromatic rings. The molecule has 0 aliphatic carbocycles. The molecule has 0 spiro atoms. The number of benzene rings is 1. The summed E-state index contributed by atoms with van der Waals surface area (Å²) in [5.74, 6) is 0. The number of hydrogen-bond donors (Lipinski definition) is 0. The fourth-order valence-corrected chi connectivity index (χ4v) is 3.89. The van der Waals surface area contributed by atoms with Crippen LogP contribution in [-0.2, 0) is 20.7 Å². The second-order valence-corrected chi connectivity index (χ2v) is 6.69. The first-order valence-electron chi connectivity index (χ1n) is 5.22. The van der Waals surface area contributed by atoms with E-state index in [0.717, 1.165) is 11.1 Å². The van der Waals surface area contributed by atoms with Gasteiger partial charge in [0.15, 0.2) is 0 Å². The largest absolute Gasteiger partial charge is 0.267 e. The van der Waals surface area contributed by atoms with Crippen LogP contribution in [0.2, 0.25) is 0 Å². The number of aromatic nitrogens is 1. The fraction of sp³-hybridized carbons (Fsp3) is 0.167. The maximum absolute atomic E-state index is 12.4. The number of nitrogens with zero attached hydrogens (tertiary/aromatic N) is 1. The molecule has 0 unspecified atom stereocenters. The monoisotopic (exact) mass is 391 g/mol. The molecule has 0 fully saturated rings. The van der Waals surface area contributed by atoms with Gasteiger partial charge >= 0.3 is 0 Å². The molecule has 3 nitrogen and oxygen atoms in total. The number of alkyl halides is 2. The highest BCUT2D eigenvalue weighted by molar-refractivity contribution is 9.09. The molecule has 96 valence electrons. The first kappa shape index (κ1) is 13.8. The zero-order valence-electron chi connectivity index (χ0n) is 9.38. The summed E-state index contributed by atoms with van der Waals surface area (Å²) in [7, 11) is -3.49. The van der Waals surface area contributed by atoms with Crippen molar-refractivity contribution in [2.75, 3.05) is 0 Å². The van der Waals surface area contributed by atoms with Crippen LogP contribution in [0.25, 0.3) is 0 Å². The summed E-state index contributed by atoms with van der Waals surface area (Å²) < 4.78 is 26.0. The smallest absolute Gasteiger partial charge is 0.248 e. The summed E-state index contributed by atoms with van der Waals surface area (Å²) in [6, 6.07) is 8.41. The van der Waals surface area contributed by atoms with Crippen LogP contribution in [0.3, 0.4) is 0 Å². The molecule has 0 saturated carbocycles. The van der Waals surface area contributed by atoms with E-state index in [0.29, 0.717) is 15.6 Å².